The summed E-state index contributed by atoms with van der Waals surface area (Å²) in [6.45, 7) is 1.11. The predicted molar refractivity (Wildman–Crippen MR) is 63.1 cm³/mol. The smallest absolute Gasteiger partial charge is 0.181 e. The number of halogens is 1. The molecule has 0 fully saturated rings. The van der Waals surface area contributed by atoms with Gasteiger partial charge in [-0.25, -0.2) is 0 Å². The van der Waals surface area contributed by atoms with Gasteiger partial charge in [0.25, 0.3) is 0 Å². The van der Waals surface area contributed by atoms with Gasteiger partial charge in [0, 0.05) is 10.9 Å². The maximum atomic E-state index is 11.7. The van der Waals surface area contributed by atoms with Gasteiger partial charge >= 0.3 is 0 Å². The van der Waals surface area contributed by atoms with Gasteiger partial charge in [-0.05, 0) is 28.1 Å². The first-order valence-corrected chi connectivity index (χ1v) is 5.84. The van der Waals surface area contributed by atoms with Crippen LogP contribution in [0.15, 0.2) is 16.6 Å². The molecule has 0 aliphatic carbocycles. The molecule has 0 radical (unpaired) electrons. The molecule has 86 valence electrons. The first kappa shape index (κ1) is 11.4. The van der Waals surface area contributed by atoms with E-state index in [-0.39, 0.29) is 12.3 Å². The highest BCUT2D eigenvalue weighted by atomic mass is 79.9. The van der Waals surface area contributed by atoms with Crippen molar-refractivity contribution in [2.45, 2.75) is 6.42 Å². The van der Waals surface area contributed by atoms with Gasteiger partial charge in [-0.3, -0.25) is 4.79 Å². The van der Waals surface area contributed by atoms with Gasteiger partial charge in [0.15, 0.2) is 17.3 Å². The maximum absolute atomic E-state index is 11.7. The van der Waals surface area contributed by atoms with Gasteiger partial charge in [-0.1, -0.05) is 0 Å². The van der Waals surface area contributed by atoms with E-state index >= 15 is 0 Å². The van der Waals surface area contributed by atoms with Crippen molar-refractivity contribution >= 4 is 21.7 Å². The zero-order valence-corrected chi connectivity index (χ0v) is 10.2. The average molecular weight is 286 g/mol. The summed E-state index contributed by atoms with van der Waals surface area (Å²) in [7, 11) is 0. The van der Waals surface area contributed by atoms with Crippen LogP contribution < -0.4 is 15.2 Å². The topological polar surface area (TPSA) is 61.6 Å². The molecule has 0 aromatic heterocycles. The molecule has 16 heavy (non-hydrogen) atoms. The van der Waals surface area contributed by atoms with Gasteiger partial charge in [0.2, 0.25) is 0 Å². The molecule has 1 aromatic carbocycles. The van der Waals surface area contributed by atoms with Gasteiger partial charge in [-0.15, -0.1) is 0 Å². The predicted octanol–water partition coefficient (Wildman–Crippen LogP) is 1.75. The number of carbonyl (C=O) groups excluding carboxylic acids is 1. The Bertz CT molecular complexity index is 420. The number of hydrogen-bond acceptors (Lipinski definition) is 4. The molecule has 0 spiro atoms. The summed E-state index contributed by atoms with van der Waals surface area (Å²) in [4.78, 5) is 11.7. The van der Waals surface area contributed by atoms with Gasteiger partial charge in [0.05, 0.1) is 25.3 Å². The highest BCUT2D eigenvalue weighted by molar-refractivity contribution is 9.10. The van der Waals surface area contributed by atoms with Crippen LogP contribution >= 0.6 is 15.9 Å². The number of hydrogen-bond donors (Lipinski definition) is 1. The first-order chi connectivity index (χ1) is 7.74. The minimum atomic E-state index is -0.158. The van der Waals surface area contributed by atoms with Crippen LogP contribution in [-0.4, -0.2) is 25.5 Å². The van der Waals surface area contributed by atoms with Crippen LogP contribution in [0.2, 0.25) is 0 Å². The molecule has 0 atom stereocenters. The molecule has 0 bridgehead atoms. The number of rotatable bonds is 2. The third-order valence-electron chi connectivity index (χ3n) is 2.33. The molecule has 2 N–H and O–H groups in total. The normalized spacial score (nSPS) is 14.4. The molecule has 4 nitrogen and oxygen atoms in total. The number of carbonyl (C=O) groups is 1. The van der Waals surface area contributed by atoms with Crippen molar-refractivity contribution in [3.8, 4) is 11.5 Å². The lowest BCUT2D eigenvalue weighted by Crippen LogP contribution is -2.15. The van der Waals surface area contributed by atoms with E-state index in [4.69, 9.17) is 15.2 Å². The highest BCUT2D eigenvalue weighted by Crippen LogP contribution is 2.37. The molecule has 5 heteroatoms. The number of Topliss-reactive ketones (excluding diaryl/α,β-unsaturated/α-hetero) is 1. The Morgan fingerprint density at radius 2 is 2.12 bits per heavy atom. The Kier molecular flexibility index (Phi) is 3.46. The van der Waals surface area contributed by atoms with E-state index in [0.717, 1.165) is 6.42 Å². The van der Waals surface area contributed by atoms with E-state index in [9.17, 15) is 4.79 Å². The van der Waals surface area contributed by atoms with E-state index in [1.807, 2.05) is 0 Å². The van der Waals surface area contributed by atoms with E-state index < -0.39 is 0 Å². The van der Waals surface area contributed by atoms with Crippen molar-refractivity contribution in [3.63, 3.8) is 0 Å². The van der Waals surface area contributed by atoms with Crippen LogP contribution in [0.5, 0.6) is 11.5 Å². The molecule has 0 unspecified atom stereocenters. The van der Waals surface area contributed by atoms with Gasteiger partial charge in [-0.2, -0.15) is 0 Å². The van der Waals surface area contributed by atoms with E-state index in [2.05, 4.69) is 15.9 Å². The van der Waals surface area contributed by atoms with E-state index in [1.54, 1.807) is 12.1 Å². The lowest BCUT2D eigenvalue weighted by molar-refractivity contribution is 0.0996. The van der Waals surface area contributed by atoms with Crippen molar-refractivity contribution < 1.29 is 14.3 Å². The largest absolute Gasteiger partial charge is 0.490 e. The summed E-state index contributed by atoms with van der Waals surface area (Å²) in [6, 6.07) is 3.56. The summed E-state index contributed by atoms with van der Waals surface area (Å²) in [6.07, 6.45) is 0.808. The maximum Gasteiger partial charge on any atom is 0.181 e. The van der Waals surface area contributed by atoms with Crippen LogP contribution in [0.3, 0.4) is 0 Å². The molecule has 2 rings (SSSR count). The monoisotopic (exact) mass is 285 g/mol. The lowest BCUT2D eigenvalue weighted by Gasteiger charge is -2.12. The number of ketones is 1. The fourth-order valence-electron chi connectivity index (χ4n) is 1.57. The fraction of sp³-hybridized carbons (Fsp3) is 0.364. The molecule has 0 saturated heterocycles. The Balaban J connectivity index is 2.53. The van der Waals surface area contributed by atoms with E-state index in [1.165, 1.54) is 0 Å². The Morgan fingerprint density at radius 1 is 1.38 bits per heavy atom. The van der Waals surface area contributed by atoms with Gasteiger partial charge in [0.1, 0.15) is 0 Å². The fourth-order valence-corrected chi connectivity index (χ4v) is 2.11. The molecule has 1 heterocycles. The third kappa shape index (κ3) is 2.05. The molecule has 1 aliphatic rings. The second kappa shape index (κ2) is 4.84. The minimum Gasteiger partial charge on any atom is -0.490 e. The summed E-state index contributed by atoms with van der Waals surface area (Å²) >= 11 is 3.33. The van der Waals surface area contributed by atoms with Crippen LogP contribution in [0, 0.1) is 0 Å². The summed E-state index contributed by atoms with van der Waals surface area (Å²) in [5, 5.41) is 0. The van der Waals surface area contributed by atoms with Crippen LogP contribution in [0.1, 0.15) is 16.8 Å². The standard InChI is InChI=1S/C11H12BrNO3/c12-7-2-3-9-11(10(7)8(14)6-13)16-5-1-4-15-9/h2-3H,1,4-6,13H2. The molecular formula is C11H12BrNO3. The zero-order valence-electron chi connectivity index (χ0n) is 8.66. The summed E-state index contributed by atoms with van der Waals surface area (Å²) in [5.41, 5.74) is 5.85. The highest BCUT2D eigenvalue weighted by Gasteiger charge is 2.21. The van der Waals surface area contributed by atoms with Crippen molar-refractivity contribution in [1.82, 2.24) is 0 Å². The quantitative estimate of drug-likeness (QED) is 0.841. The molecule has 0 saturated carbocycles. The zero-order chi connectivity index (χ0) is 11.5. The summed E-state index contributed by atoms with van der Waals surface area (Å²) in [5.74, 6) is 0.953. The van der Waals surface area contributed by atoms with Crippen molar-refractivity contribution in [1.29, 1.82) is 0 Å². The number of ether oxygens (including phenoxy) is 2. The number of nitrogens with two attached hydrogens (primary N) is 1. The number of fused-ring (bicyclic) bond motifs is 1. The second-order valence-corrected chi connectivity index (χ2v) is 4.28. The molecular weight excluding hydrogens is 274 g/mol. The second-order valence-electron chi connectivity index (χ2n) is 3.43. The van der Waals surface area contributed by atoms with Crippen molar-refractivity contribution in [3.05, 3.63) is 22.2 Å². The van der Waals surface area contributed by atoms with Crippen molar-refractivity contribution in [2.75, 3.05) is 19.8 Å². The minimum absolute atomic E-state index is 0.0432. The van der Waals surface area contributed by atoms with Crippen LogP contribution in [0.4, 0.5) is 0 Å². The lowest BCUT2D eigenvalue weighted by atomic mass is 10.1. The van der Waals surface area contributed by atoms with Gasteiger partial charge < -0.3 is 15.2 Å². The number of benzene rings is 1. The molecule has 0 amide bonds. The first-order valence-electron chi connectivity index (χ1n) is 5.05. The van der Waals surface area contributed by atoms with E-state index in [0.29, 0.717) is 34.7 Å². The Hall–Kier alpha value is -1.07. The van der Waals surface area contributed by atoms with Crippen LogP contribution in [0.25, 0.3) is 0 Å². The Morgan fingerprint density at radius 3 is 2.88 bits per heavy atom. The van der Waals surface area contributed by atoms with Crippen molar-refractivity contribution in [2.24, 2.45) is 5.73 Å². The SMILES string of the molecule is NCC(=O)c1c(Br)ccc2c1OCCCO2. The third-order valence-corrected chi connectivity index (χ3v) is 2.99. The summed E-state index contributed by atoms with van der Waals surface area (Å²) < 4.78 is 11.7. The Labute approximate surface area is 102 Å². The molecule has 1 aliphatic heterocycles. The molecule has 1 aromatic rings. The van der Waals surface area contributed by atoms with Crippen LogP contribution in [-0.2, 0) is 0 Å². The average Bonchev–Trinajstić information content (AvgIpc) is 2.53.